The summed E-state index contributed by atoms with van der Waals surface area (Å²) in [5.41, 5.74) is 4.27. The largest absolute Gasteiger partial charge is 0.383 e. The molecule has 0 aliphatic heterocycles. The zero-order valence-corrected chi connectivity index (χ0v) is 15.5. The van der Waals surface area contributed by atoms with E-state index in [9.17, 15) is 0 Å². The van der Waals surface area contributed by atoms with Gasteiger partial charge >= 0.3 is 0 Å². The van der Waals surface area contributed by atoms with Crippen molar-refractivity contribution in [2.75, 3.05) is 19.0 Å². The normalized spacial score (nSPS) is 11.2. The number of aryl methyl sites for hydroxylation is 2. The van der Waals surface area contributed by atoms with Gasteiger partial charge in [0.05, 0.1) is 18.6 Å². The van der Waals surface area contributed by atoms with E-state index in [0.29, 0.717) is 30.4 Å². The SMILES string of the molecule is COCCn1cnc2c(Nc3ccccc3)nc(-n3nc(C)cc3C)nc21. The van der Waals surface area contributed by atoms with E-state index < -0.39 is 0 Å². The standard InChI is InChI=1S/C19H21N7O/c1-13-11-14(2)26(24-13)19-22-17(21-15-7-5-4-6-8-15)16-18(23-19)25(12-20-16)9-10-27-3/h4-8,11-12H,9-10H2,1-3H3,(H,21,22,23). The van der Waals surface area contributed by atoms with Crippen LogP contribution in [0.5, 0.6) is 0 Å². The van der Waals surface area contributed by atoms with Gasteiger partial charge in [0.25, 0.3) is 5.95 Å². The molecule has 4 rings (SSSR count). The molecule has 0 spiro atoms. The van der Waals surface area contributed by atoms with Crippen LogP contribution in [0.1, 0.15) is 11.4 Å². The molecule has 1 aromatic carbocycles. The van der Waals surface area contributed by atoms with Gasteiger partial charge in [0.2, 0.25) is 0 Å². The summed E-state index contributed by atoms with van der Waals surface area (Å²) in [6, 6.07) is 11.9. The molecule has 4 aromatic rings. The zero-order valence-electron chi connectivity index (χ0n) is 15.5. The van der Waals surface area contributed by atoms with E-state index in [-0.39, 0.29) is 0 Å². The fourth-order valence-corrected chi connectivity index (χ4v) is 2.96. The van der Waals surface area contributed by atoms with Gasteiger partial charge in [-0.05, 0) is 32.0 Å². The average molecular weight is 363 g/mol. The van der Waals surface area contributed by atoms with Crippen molar-refractivity contribution in [1.29, 1.82) is 0 Å². The average Bonchev–Trinajstić information content (AvgIpc) is 3.23. The van der Waals surface area contributed by atoms with Gasteiger partial charge in [0, 0.05) is 25.0 Å². The van der Waals surface area contributed by atoms with Crippen LogP contribution in [0.4, 0.5) is 11.5 Å². The number of hydrogen-bond acceptors (Lipinski definition) is 6. The van der Waals surface area contributed by atoms with Crippen molar-refractivity contribution in [3.05, 3.63) is 54.1 Å². The summed E-state index contributed by atoms with van der Waals surface area (Å²) >= 11 is 0. The highest BCUT2D eigenvalue weighted by molar-refractivity contribution is 5.86. The second-order valence-electron chi connectivity index (χ2n) is 6.31. The number of ether oxygens (including phenoxy) is 1. The van der Waals surface area contributed by atoms with E-state index >= 15 is 0 Å². The topological polar surface area (TPSA) is 82.7 Å². The molecule has 0 radical (unpaired) electrons. The summed E-state index contributed by atoms with van der Waals surface area (Å²) in [6.45, 7) is 5.17. The highest BCUT2D eigenvalue weighted by atomic mass is 16.5. The Hall–Kier alpha value is -3.26. The predicted molar refractivity (Wildman–Crippen MR) is 104 cm³/mol. The maximum Gasteiger partial charge on any atom is 0.254 e. The number of anilines is 2. The van der Waals surface area contributed by atoms with Gasteiger partial charge in [-0.3, -0.25) is 0 Å². The molecule has 0 bridgehead atoms. The van der Waals surface area contributed by atoms with Gasteiger partial charge in [-0.2, -0.15) is 15.1 Å². The molecule has 3 heterocycles. The number of methoxy groups -OCH3 is 1. The minimum Gasteiger partial charge on any atom is -0.383 e. The molecule has 1 N–H and O–H groups in total. The van der Waals surface area contributed by atoms with Crippen LogP contribution < -0.4 is 5.32 Å². The maximum absolute atomic E-state index is 5.20. The van der Waals surface area contributed by atoms with Crippen molar-refractivity contribution < 1.29 is 4.74 Å². The molecule has 0 atom stereocenters. The summed E-state index contributed by atoms with van der Waals surface area (Å²) in [6.07, 6.45) is 1.76. The minimum absolute atomic E-state index is 0.505. The van der Waals surface area contributed by atoms with Crippen LogP contribution in [0.2, 0.25) is 0 Å². The Bertz CT molecular complexity index is 1070. The first-order valence-corrected chi connectivity index (χ1v) is 8.73. The summed E-state index contributed by atoms with van der Waals surface area (Å²) < 4.78 is 8.91. The lowest BCUT2D eigenvalue weighted by atomic mass is 10.3. The first kappa shape index (κ1) is 17.2. The number of nitrogens with zero attached hydrogens (tertiary/aromatic N) is 6. The maximum atomic E-state index is 5.20. The third-order valence-electron chi connectivity index (χ3n) is 4.22. The van der Waals surface area contributed by atoms with Crippen LogP contribution in [0.25, 0.3) is 17.1 Å². The van der Waals surface area contributed by atoms with Gasteiger partial charge < -0.3 is 14.6 Å². The Morgan fingerprint density at radius 2 is 1.93 bits per heavy atom. The number of benzene rings is 1. The fraction of sp³-hybridized carbons (Fsp3) is 0.263. The molecule has 0 amide bonds. The van der Waals surface area contributed by atoms with Crippen molar-refractivity contribution in [3.63, 3.8) is 0 Å². The number of nitrogens with one attached hydrogen (secondary N) is 1. The van der Waals surface area contributed by atoms with Crippen molar-refractivity contribution >= 4 is 22.7 Å². The highest BCUT2D eigenvalue weighted by Gasteiger charge is 2.16. The van der Waals surface area contributed by atoms with Crippen molar-refractivity contribution in [3.8, 4) is 5.95 Å². The number of imidazole rings is 1. The van der Waals surface area contributed by atoms with Gasteiger partial charge in [-0.15, -0.1) is 0 Å². The van der Waals surface area contributed by atoms with Crippen molar-refractivity contribution in [2.45, 2.75) is 20.4 Å². The van der Waals surface area contributed by atoms with E-state index in [1.165, 1.54) is 0 Å². The van der Waals surface area contributed by atoms with E-state index in [2.05, 4.69) is 15.4 Å². The number of rotatable bonds is 6. The van der Waals surface area contributed by atoms with Gasteiger partial charge in [-0.25, -0.2) is 9.67 Å². The molecule has 138 valence electrons. The Balaban J connectivity index is 1.86. The van der Waals surface area contributed by atoms with Crippen molar-refractivity contribution in [2.24, 2.45) is 0 Å². The first-order valence-electron chi connectivity index (χ1n) is 8.73. The van der Waals surface area contributed by atoms with Crippen LogP contribution in [0.15, 0.2) is 42.7 Å². The highest BCUT2D eigenvalue weighted by Crippen LogP contribution is 2.24. The third kappa shape index (κ3) is 3.39. The number of fused-ring (bicyclic) bond motifs is 1. The van der Waals surface area contributed by atoms with Crippen molar-refractivity contribution in [1.82, 2.24) is 29.3 Å². The van der Waals surface area contributed by atoms with E-state index in [4.69, 9.17) is 14.7 Å². The molecule has 0 saturated carbocycles. The molecule has 8 heteroatoms. The summed E-state index contributed by atoms with van der Waals surface area (Å²) in [7, 11) is 1.68. The lowest BCUT2D eigenvalue weighted by Crippen LogP contribution is -2.10. The van der Waals surface area contributed by atoms with Crippen LogP contribution in [0, 0.1) is 13.8 Å². The Morgan fingerprint density at radius 1 is 1.11 bits per heavy atom. The van der Waals surface area contributed by atoms with Gasteiger partial charge in [0.1, 0.15) is 0 Å². The first-order chi connectivity index (χ1) is 13.2. The molecule has 0 unspecified atom stereocenters. The molecule has 0 aliphatic rings. The minimum atomic E-state index is 0.505. The molecule has 27 heavy (non-hydrogen) atoms. The molecule has 3 aromatic heterocycles. The van der Waals surface area contributed by atoms with Gasteiger partial charge in [-0.1, -0.05) is 18.2 Å². The second kappa shape index (κ2) is 7.16. The number of hydrogen-bond donors (Lipinski definition) is 1. The van der Waals surface area contributed by atoms with E-state index in [1.807, 2.05) is 54.8 Å². The molecular formula is C19H21N7O. The molecule has 0 aliphatic carbocycles. The number of aromatic nitrogens is 6. The third-order valence-corrected chi connectivity index (χ3v) is 4.22. The number of para-hydroxylation sites is 1. The fourth-order valence-electron chi connectivity index (χ4n) is 2.96. The summed E-state index contributed by atoms with van der Waals surface area (Å²) in [5, 5.41) is 7.87. The summed E-state index contributed by atoms with van der Waals surface area (Å²) in [4.78, 5) is 14.0. The van der Waals surface area contributed by atoms with Gasteiger partial charge in [0.15, 0.2) is 17.0 Å². The molecule has 0 fully saturated rings. The Labute approximate surface area is 156 Å². The van der Waals surface area contributed by atoms with Crippen LogP contribution in [0.3, 0.4) is 0 Å². The Kier molecular flexibility index (Phi) is 4.55. The smallest absolute Gasteiger partial charge is 0.254 e. The molecule has 8 nitrogen and oxygen atoms in total. The lowest BCUT2D eigenvalue weighted by molar-refractivity contribution is 0.188. The second-order valence-corrected chi connectivity index (χ2v) is 6.31. The predicted octanol–water partition coefficient (Wildman–Crippen LogP) is 3.02. The molecule has 0 saturated heterocycles. The lowest BCUT2D eigenvalue weighted by Gasteiger charge is -2.10. The van der Waals surface area contributed by atoms with Crippen LogP contribution in [-0.2, 0) is 11.3 Å². The van der Waals surface area contributed by atoms with E-state index in [0.717, 1.165) is 22.7 Å². The Morgan fingerprint density at radius 3 is 2.63 bits per heavy atom. The monoisotopic (exact) mass is 363 g/mol. The van der Waals surface area contributed by atoms with Crippen LogP contribution in [-0.4, -0.2) is 43.0 Å². The quantitative estimate of drug-likeness (QED) is 0.567. The summed E-state index contributed by atoms with van der Waals surface area (Å²) in [5.74, 6) is 1.15. The van der Waals surface area contributed by atoms with E-state index in [1.54, 1.807) is 18.1 Å². The van der Waals surface area contributed by atoms with Crippen LogP contribution >= 0.6 is 0 Å². The zero-order chi connectivity index (χ0) is 18.8. The molecular weight excluding hydrogens is 342 g/mol.